The summed E-state index contributed by atoms with van der Waals surface area (Å²) >= 11 is 0. The number of amides is 1. The van der Waals surface area contributed by atoms with E-state index in [1.165, 1.54) is 5.56 Å². The minimum Gasteiger partial charge on any atom is -0.369 e. The summed E-state index contributed by atoms with van der Waals surface area (Å²) in [7, 11) is 0. The normalized spacial score (nSPS) is 12.1. The molecule has 1 amide bonds. The number of nitrogens with one attached hydrogen (secondary N) is 1. The zero-order valence-corrected chi connectivity index (χ0v) is 14.0. The van der Waals surface area contributed by atoms with Crippen molar-refractivity contribution in [3.63, 3.8) is 0 Å². The highest BCUT2D eigenvalue weighted by Crippen LogP contribution is 2.22. The van der Waals surface area contributed by atoms with E-state index in [0.717, 1.165) is 24.8 Å². The van der Waals surface area contributed by atoms with E-state index in [-0.39, 0.29) is 5.91 Å². The Morgan fingerprint density at radius 2 is 2.04 bits per heavy atom. The Hall–Kier alpha value is -2.14. The molecule has 124 valence electrons. The molecular weight excluding hydrogens is 292 g/mol. The van der Waals surface area contributed by atoms with E-state index >= 15 is 0 Å². The number of carbonyl (C=O) groups is 1. The van der Waals surface area contributed by atoms with Crippen LogP contribution in [0.15, 0.2) is 34.9 Å². The molecule has 2 aromatic rings. The highest BCUT2D eigenvalue weighted by molar-refractivity contribution is 5.93. The molecule has 5 heteroatoms. The van der Waals surface area contributed by atoms with Gasteiger partial charge >= 0.3 is 0 Å². The molecule has 1 heterocycles. The minimum absolute atomic E-state index is 0.231. The lowest BCUT2D eigenvalue weighted by molar-refractivity contribution is -0.126. The van der Waals surface area contributed by atoms with Gasteiger partial charge < -0.3 is 9.26 Å². The fourth-order valence-corrected chi connectivity index (χ4v) is 2.08. The van der Waals surface area contributed by atoms with Crippen molar-refractivity contribution in [2.75, 3.05) is 11.9 Å². The fourth-order valence-electron chi connectivity index (χ4n) is 2.08. The van der Waals surface area contributed by atoms with E-state index in [2.05, 4.69) is 36.5 Å². The van der Waals surface area contributed by atoms with Crippen molar-refractivity contribution in [2.45, 2.75) is 46.1 Å². The van der Waals surface area contributed by atoms with E-state index in [1.54, 1.807) is 13.0 Å². The fraction of sp³-hybridized carbons (Fsp3) is 0.444. The first-order chi connectivity index (χ1) is 11.1. The van der Waals surface area contributed by atoms with Crippen LogP contribution in [-0.4, -0.2) is 23.8 Å². The Morgan fingerprint density at radius 3 is 2.70 bits per heavy atom. The lowest BCUT2D eigenvalue weighted by atomic mass is 10.1. The van der Waals surface area contributed by atoms with Gasteiger partial charge in [-0.25, -0.2) is 0 Å². The number of ether oxygens (including phenoxy) is 1. The van der Waals surface area contributed by atoms with E-state index in [1.807, 2.05) is 12.1 Å². The number of benzene rings is 1. The number of hydrogen-bond acceptors (Lipinski definition) is 4. The van der Waals surface area contributed by atoms with Gasteiger partial charge in [0, 0.05) is 18.2 Å². The molecule has 0 aliphatic rings. The maximum atomic E-state index is 12.0. The molecule has 2 rings (SSSR count). The molecule has 0 aliphatic heterocycles. The van der Waals surface area contributed by atoms with Crippen molar-refractivity contribution >= 4 is 11.8 Å². The van der Waals surface area contributed by atoms with Gasteiger partial charge in [0.2, 0.25) is 5.88 Å². The lowest BCUT2D eigenvalue weighted by Crippen LogP contribution is -2.27. The van der Waals surface area contributed by atoms with Crippen molar-refractivity contribution < 1.29 is 14.1 Å². The SMILES string of the molecule is CCCCOC(C)C(=O)Nc1cc(-c2ccc(CC)cc2)no1. The number of hydrogen-bond donors (Lipinski definition) is 1. The molecular formula is C18H24N2O3. The molecule has 1 unspecified atom stereocenters. The highest BCUT2D eigenvalue weighted by atomic mass is 16.5. The first-order valence-electron chi connectivity index (χ1n) is 8.12. The van der Waals surface area contributed by atoms with Crippen molar-refractivity contribution in [2.24, 2.45) is 0 Å². The molecule has 1 aromatic heterocycles. The third kappa shape index (κ3) is 4.93. The molecule has 1 aromatic carbocycles. The summed E-state index contributed by atoms with van der Waals surface area (Å²) in [5, 5.41) is 6.69. The summed E-state index contributed by atoms with van der Waals surface area (Å²) in [5.74, 6) is 0.0978. The topological polar surface area (TPSA) is 64.4 Å². The van der Waals surface area contributed by atoms with Crippen LogP contribution in [0, 0.1) is 0 Å². The van der Waals surface area contributed by atoms with Gasteiger partial charge in [-0.05, 0) is 25.3 Å². The number of aromatic nitrogens is 1. The van der Waals surface area contributed by atoms with Crippen molar-refractivity contribution in [1.29, 1.82) is 0 Å². The summed E-state index contributed by atoms with van der Waals surface area (Å²) in [6.45, 7) is 6.50. The van der Waals surface area contributed by atoms with E-state index in [4.69, 9.17) is 9.26 Å². The second-order valence-electron chi connectivity index (χ2n) is 5.48. The predicted molar refractivity (Wildman–Crippen MR) is 90.3 cm³/mol. The average Bonchev–Trinajstić information content (AvgIpc) is 3.03. The number of carbonyl (C=O) groups excluding carboxylic acids is 1. The van der Waals surface area contributed by atoms with Gasteiger partial charge in [0.1, 0.15) is 11.8 Å². The Bertz CT molecular complexity index is 619. The molecule has 23 heavy (non-hydrogen) atoms. The van der Waals surface area contributed by atoms with Crippen LogP contribution >= 0.6 is 0 Å². The van der Waals surface area contributed by atoms with Gasteiger partial charge in [-0.15, -0.1) is 0 Å². The average molecular weight is 316 g/mol. The summed E-state index contributed by atoms with van der Waals surface area (Å²) in [4.78, 5) is 12.0. The van der Waals surface area contributed by atoms with Crippen LogP contribution in [0.4, 0.5) is 5.88 Å². The van der Waals surface area contributed by atoms with Crippen molar-refractivity contribution in [1.82, 2.24) is 5.16 Å². The second kappa shape index (κ2) is 8.48. The maximum Gasteiger partial charge on any atom is 0.255 e. The predicted octanol–water partition coefficient (Wildman–Crippen LogP) is 4.05. The van der Waals surface area contributed by atoms with Gasteiger partial charge in [0.15, 0.2) is 0 Å². The number of rotatable bonds is 8. The second-order valence-corrected chi connectivity index (χ2v) is 5.48. The standard InChI is InChI=1S/C18H24N2O3/c1-4-6-11-22-13(3)18(21)19-17-12-16(20-23-17)15-9-7-14(5-2)8-10-15/h7-10,12-13H,4-6,11H2,1-3H3,(H,19,21). The van der Waals surface area contributed by atoms with Crippen LogP contribution < -0.4 is 5.32 Å². The Balaban J connectivity index is 1.94. The molecule has 0 saturated heterocycles. The number of anilines is 1. The third-order valence-corrected chi connectivity index (χ3v) is 3.65. The van der Waals surface area contributed by atoms with E-state index in [9.17, 15) is 4.79 Å². The third-order valence-electron chi connectivity index (χ3n) is 3.65. The monoisotopic (exact) mass is 316 g/mol. The first-order valence-corrected chi connectivity index (χ1v) is 8.12. The van der Waals surface area contributed by atoms with Gasteiger partial charge in [0.25, 0.3) is 5.91 Å². The van der Waals surface area contributed by atoms with Gasteiger partial charge in [-0.1, -0.05) is 49.7 Å². The van der Waals surface area contributed by atoms with Crippen LogP contribution in [0.25, 0.3) is 11.3 Å². The van der Waals surface area contributed by atoms with E-state index < -0.39 is 6.10 Å². The number of aryl methyl sites for hydroxylation is 1. The molecule has 5 nitrogen and oxygen atoms in total. The quantitative estimate of drug-likeness (QED) is 0.746. The number of unbranched alkanes of at least 4 members (excludes halogenated alkanes) is 1. The minimum atomic E-state index is -0.515. The number of nitrogens with zero attached hydrogens (tertiary/aromatic N) is 1. The largest absolute Gasteiger partial charge is 0.369 e. The molecule has 0 spiro atoms. The molecule has 0 fully saturated rings. The Kier molecular flexibility index (Phi) is 6.35. The molecule has 0 aliphatic carbocycles. The molecule has 0 radical (unpaired) electrons. The summed E-state index contributed by atoms with van der Waals surface area (Å²) in [6.07, 6.45) is 2.46. The molecule has 1 atom stereocenters. The van der Waals surface area contributed by atoms with E-state index in [0.29, 0.717) is 18.2 Å². The van der Waals surface area contributed by atoms with Gasteiger partial charge in [-0.3, -0.25) is 10.1 Å². The summed E-state index contributed by atoms with van der Waals surface area (Å²) in [5.41, 5.74) is 2.92. The first kappa shape index (κ1) is 17.2. The summed E-state index contributed by atoms with van der Waals surface area (Å²) < 4.78 is 10.6. The van der Waals surface area contributed by atoms with Crippen LogP contribution in [-0.2, 0) is 16.0 Å². The Morgan fingerprint density at radius 1 is 1.30 bits per heavy atom. The van der Waals surface area contributed by atoms with Crippen LogP contribution in [0.3, 0.4) is 0 Å². The van der Waals surface area contributed by atoms with Crippen LogP contribution in [0.5, 0.6) is 0 Å². The highest BCUT2D eigenvalue weighted by Gasteiger charge is 2.16. The smallest absolute Gasteiger partial charge is 0.255 e. The molecule has 1 N–H and O–H groups in total. The zero-order valence-electron chi connectivity index (χ0n) is 14.0. The van der Waals surface area contributed by atoms with Gasteiger partial charge in [-0.2, -0.15) is 0 Å². The molecule has 0 saturated carbocycles. The maximum absolute atomic E-state index is 12.0. The van der Waals surface area contributed by atoms with Crippen molar-refractivity contribution in [3.05, 3.63) is 35.9 Å². The van der Waals surface area contributed by atoms with Crippen molar-refractivity contribution in [3.8, 4) is 11.3 Å². The zero-order chi connectivity index (χ0) is 16.7. The van der Waals surface area contributed by atoms with Gasteiger partial charge in [0.05, 0.1) is 0 Å². The lowest BCUT2D eigenvalue weighted by Gasteiger charge is -2.11. The molecule has 0 bridgehead atoms. The van der Waals surface area contributed by atoms with Crippen LogP contribution in [0.1, 0.15) is 39.2 Å². The summed E-state index contributed by atoms with van der Waals surface area (Å²) in [6, 6.07) is 9.84. The van der Waals surface area contributed by atoms with Crippen LogP contribution in [0.2, 0.25) is 0 Å². The Labute approximate surface area is 137 Å².